The van der Waals surface area contributed by atoms with Crippen molar-refractivity contribution in [3.05, 3.63) is 70.2 Å². The fourth-order valence-corrected chi connectivity index (χ4v) is 5.13. The number of rotatable bonds is 3. The van der Waals surface area contributed by atoms with E-state index >= 15 is 0 Å². The highest BCUT2D eigenvalue weighted by atomic mass is 32.1. The van der Waals surface area contributed by atoms with Gasteiger partial charge >= 0.3 is 0 Å². The molecule has 6 heteroatoms. The number of carbonyl (C=O) groups excluding carboxylic acids is 1. The molecule has 3 aromatic rings. The van der Waals surface area contributed by atoms with E-state index in [1.54, 1.807) is 17.5 Å². The zero-order chi connectivity index (χ0) is 18.2. The van der Waals surface area contributed by atoms with E-state index in [9.17, 15) is 4.79 Å². The second kappa shape index (κ2) is 6.94. The third-order valence-corrected chi connectivity index (χ3v) is 6.51. The van der Waals surface area contributed by atoms with Crippen molar-refractivity contribution in [2.24, 2.45) is 0 Å². The van der Waals surface area contributed by atoms with Gasteiger partial charge in [0, 0.05) is 29.5 Å². The fraction of sp³-hybridized carbons (Fsp3) is 0.333. The first-order valence-electron chi connectivity index (χ1n) is 9.35. The van der Waals surface area contributed by atoms with E-state index in [1.807, 2.05) is 40.0 Å². The number of amides is 1. The highest BCUT2D eigenvalue weighted by Crippen LogP contribution is 2.37. The summed E-state index contributed by atoms with van der Waals surface area (Å²) in [5.41, 5.74) is 3.55. The number of ether oxygens (including phenoxy) is 1. The molecule has 0 aliphatic carbocycles. The van der Waals surface area contributed by atoms with Crippen molar-refractivity contribution in [2.75, 3.05) is 18.1 Å². The molecule has 2 aliphatic rings. The molecule has 138 valence electrons. The molecule has 27 heavy (non-hydrogen) atoms. The first-order chi connectivity index (χ1) is 13.3. The predicted molar refractivity (Wildman–Crippen MR) is 105 cm³/mol. The molecule has 5 nitrogen and oxygen atoms in total. The van der Waals surface area contributed by atoms with Gasteiger partial charge in [-0.3, -0.25) is 9.48 Å². The van der Waals surface area contributed by atoms with Crippen molar-refractivity contribution >= 4 is 22.9 Å². The smallest absolute Gasteiger partial charge is 0.230 e. The molecule has 0 saturated carbocycles. The minimum Gasteiger partial charge on any atom is -0.372 e. The SMILES string of the molecule is O=C(C[C@H]1OCCc2ccsc21)N1C[C@@H](n2cccn2)Cc2ccccc21. The predicted octanol–water partition coefficient (Wildman–Crippen LogP) is 3.78. The molecular formula is C21H21N3O2S. The van der Waals surface area contributed by atoms with Gasteiger partial charge in [-0.25, -0.2) is 0 Å². The summed E-state index contributed by atoms with van der Waals surface area (Å²) >= 11 is 1.70. The van der Waals surface area contributed by atoms with Gasteiger partial charge in [-0.1, -0.05) is 18.2 Å². The summed E-state index contributed by atoms with van der Waals surface area (Å²) in [5, 5.41) is 6.50. The van der Waals surface area contributed by atoms with Gasteiger partial charge in [-0.2, -0.15) is 5.10 Å². The molecule has 2 aliphatic heterocycles. The molecule has 0 radical (unpaired) electrons. The van der Waals surface area contributed by atoms with Crippen LogP contribution in [0.3, 0.4) is 0 Å². The van der Waals surface area contributed by atoms with Crippen LogP contribution in [0.15, 0.2) is 54.2 Å². The summed E-state index contributed by atoms with van der Waals surface area (Å²) in [5.74, 6) is 0.116. The molecular weight excluding hydrogens is 358 g/mol. The second-order valence-electron chi connectivity index (χ2n) is 7.10. The Morgan fingerprint density at radius 2 is 2.15 bits per heavy atom. The number of para-hydroxylation sites is 1. The topological polar surface area (TPSA) is 47.4 Å². The van der Waals surface area contributed by atoms with Crippen molar-refractivity contribution in [1.29, 1.82) is 0 Å². The zero-order valence-electron chi connectivity index (χ0n) is 15.0. The summed E-state index contributed by atoms with van der Waals surface area (Å²) < 4.78 is 7.92. The highest BCUT2D eigenvalue weighted by molar-refractivity contribution is 7.10. The van der Waals surface area contributed by atoms with E-state index in [4.69, 9.17) is 4.74 Å². The molecule has 0 unspecified atom stereocenters. The van der Waals surface area contributed by atoms with Crippen LogP contribution in [-0.2, 0) is 22.4 Å². The van der Waals surface area contributed by atoms with Crippen molar-refractivity contribution in [3.8, 4) is 0 Å². The standard InChI is InChI=1S/C21H21N3O2S/c25-20(13-19-21-15(6-10-26-19)7-11-27-21)23-14-17(24-9-3-8-22-24)12-16-4-1-2-5-18(16)23/h1-5,7-9,11,17,19H,6,10,12-14H2/t17-,19+/m0/s1. The Kier molecular flexibility index (Phi) is 4.30. The van der Waals surface area contributed by atoms with Crippen LogP contribution in [-0.4, -0.2) is 28.8 Å². The number of thiophene rings is 1. The Labute approximate surface area is 162 Å². The summed E-state index contributed by atoms with van der Waals surface area (Å²) in [6.07, 6.45) is 5.85. The van der Waals surface area contributed by atoms with Gasteiger partial charge in [0.05, 0.1) is 19.1 Å². The maximum atomic E-state index is 13.3. The molecule has 0 bridgehead atoms. The summed E-state index contributed by atoms with van der Waals surface area (Å²) in [4.78, 5) is 16.4. The molecule has 2 atom stereocenters. The zero-order valence-corrected chi connectivity index (χ0v) is 15.8. The van der Waals surface area contributed by atoms with Crippen LogP contribution in [0, 0.1) is 0 Å². The second-order valence-corrected chi connectivity index (χ2v) is 8.05. The summed E-state index contributed by atoms with van der Waals surface area (Å²) in [7, 11) is 0. The van der Waals surface area contributed by atoms with Crippen molar-refractivity contribution in [3.63, 3.8) is 0 Å². The lowest BCUT2D eigenvalue weighted by Crippen LogP contribution is -2.41. The van der Waals surface area contributed by atoms with Crippen LogP contribution in [0.25, 0.3) is 0 Å². The van der Waals surface area contributed by atoms with Gasteiger partial charge < -0.3 is 9.64 Å². The van der Waals surface area contributed by atoms with E-state index in [1.165, 1.54) is 16.0 Å². The number of aromatic nitrogens is 2. The van der Waals surface area contributed by atoms with E-state index in [0.717, 1.165) is 18.5 Å². The van der Waals surface area contributed by atoms with Crippen LogP contribution in [0.1, 0.15) is 34.6 Å². The Bertz CT molecular complexity index is 950. The number of nitrogens with zero attached hydrogens (tertiary/aromatic N) is 3. The van der Waals surface area contributed by atoms with Gasteiger partial charge in [-0.15, -0.1) is 11.3 Å². The lowest BCUT2D eigenvalue weighted by molar-refractivity contribution is -0.122. The molecule has 2 aromatic heterocycles. The summed E-state index contributed by atoms with van der Waals surface area (Å²) in [6.45, 7) is 1.33. The van der Waals surface area contributed by atoms with E-state index in [0.29, 0.717) is 19.6 Å². The number of hydrogen-bond acceptors (Lipinski definition) is 4. The Hall–Kier alpha value is -2.44. The normalized spacial score (nSPS) is 21.6. The first-order valence-corrected chi connectivity index (χ1v) is 10.2. The Morgan fingerprint density at radius 1 is 1.22 bits per heavy atom. The third-order valence-electron chi connectivity index (χ3n) is 5.45. The van der Waals surface area contributed by atoms with E-state index in [2.05, 4.69) is 22.6 Å². The highest BCUT2D eigenvalue weighted by Gasteiger charge is 2.32. The average molecular weight is 379 g/mol. The van der Waals surface area contributed by atoms with E-state index < -0.39 is 0 Å². The molecule has 4 heterocycles. The van der Waals surface area contributed by atoms with E-state index in [-0.39, 0.29) is 18.1 Å². The molecule has 0 fully saturated rings. The monoisotopic (exact) mass is 379 g/mol. The lowest BCUT2D eigenvalue weighted by atomic mass is 9.97. The molecule has 0 saturated heterocycles. The average Bonchev–Trinajstić information content (AvgIpc) is 3.39. The van der Waals surface area contributed by atoms with Gasteiger partial charge in [0.2, 0.25) is 5.91 Å². The number of fused-ring (bicyclic) bond motifs is 2. The first kappa shape index (κ1) is 16.7. The Balaban J connectivity index is 1.42. The van der Waals surface area contributed by atoms with Gasteiger partial charge in [0.25, 0.3) is 0 Å². The fourth-order valence-electron chi connectivity index (χ4n) is 4.13. The maximum Gasteiger partial charge on any atom is 0.230 e. The number of benzene rings is 1. The van der Waals surface area contributed by atoms with Crippen LogP contribution in [0.4, 0.5) is 5.69 Å². The number of anilines is 1. The minimum atomic E-state index is -0.126. The quantitative estimate of drug-likeness (QED) is 0.696. The lowest BCUT2D eigenvalue weighted by Gasteiger charge is -2.35. The maximum absolute atomic E-state index is 13.3. The van der Waals surface area contributed by atoms with Crippen molar-refractivity contribution in [1.82, 2.24) is 9.78 Å². The minimum absolute atomic E-state index is 0.116. The van der Waals surface area contributed by atoms with Crippen LogP contribution < -0.4 is 4.90 Å². The van der Waals surface area contributed by atoms with Crippen molar-refractivity contribution in [2.45, 2.75) is 31.4 Å². The molecule has 0 spiro atoms. The number of hydrogen-bond donors (Lipinski definition) is 0. The largest absolute Gasteiger partial charge is 0.372 e. The van der Waals surface area contributed by atoms with Crippen LogP contribution >= 0.6 is 11.3 Å². The van der Waals surface area contributed by atoms with Crippen LogP contribution in [0.5, 0.6) is 0 Å². The molecule has 1 aromatic carbocycles. The molecule has 0 N–H and O–H groups in total. The third kappa shape index (κ3) is 3.09. The van der Waals surface area contributed by atoms with Crippen molar-refractivity contribution < 1.29 is 9.53 Å². The Morgan fingerprint density at radius 3 is 3.04 bits per heavy atom. The van der Waals surface area contributed by atoms with Crippen LogP contribution in [0.2, 0.25) is 0 Å². The summed E-state index contributed by atoms with van der Waals surface area (Å²) in [6, 6.07) is 12.4. The molecule has 1 amide bonds. The number of carbonyl (C=O) groups is 1. The van der Waals surface area contributed by atoms with Gasteiger partial charge in [-0.05, 0) is 47.5 Å². The molecule has 5 rings (SSSR count). The van der Waals surface area contributed by atoms with Gasteiger partial charge in [0.1, 0.15) is 6.10 Å². The van der Waals surface area contributed by atoms with Gasteiger partial charge in [0.15, 0.2) is 0 Å².